The molecule has 0 aliphatic carbocycles. The molecule has 1 aromatic rings. The smallest absolute Gasteiger partial charge is 0.129 e. The van der Waals surface area contributed by atoms with Crippen LogP contribution in [0.1, 0.15) is 44.9 Å². The van der Waals surface area contributed by atoms with Gasteiger partial charge in [-0.3, -0.25) is 0 Å². The van der Waals surface area contributed by atoms with Gasteiger partial charge in [0.2, 0.25) is 0 Å². The minimum atomic E-state index is 0.0970. The van der Waals surface area contributed by atoms with Crippen LogP contribution in [0.2, 0.25) is 0 Å². The van der Waals surface area contributed by atoms with Gasteiger partial charge in [0.1, 0.15) is 5.82 Å². The van der Waals surface area contributed by atoms with Crippen LogP contribution in [0.3, 0.4) is 0 Å². The molecule has 2 heterocycles. The van der Waals surface area contributed by atoms with Crippen molar-refractivity contribution in [1.29, 1.82) is 0 Å². The maximum absolute atomic E-state index is 9.34. The zero-order valence-corrected chi connectivity index (χ0v) is 11.7. The van der Waals surface area contributed by atoms with Crippen LogP contribution in [0.15, 0.2) is 12.1 Å². The molecule has 2 rings (SSSR count). The number of rotatable bonds is 3. The summed E-state index contributed by atoms with van der Waals surface area (Å²) in [5, 5.41) is 9.34. The van der Waals surface area contributed by atoms with E-state index in [1.807, 2.05) is 12.1 Å². The molecule has 1 saturated heterocycles. The predicted molar refractivity (Wildman–Crippen MR) is 74.8 cm³/mol. The fourth-order valence-corrected chi connectivity index (χ4v) is 2.69. The number of aliphatic hydroxyl groups is 1. The second-order valence-electron chi connectivity index (χ2n) is 6.03. The molecule has 0 atom stereocenters. The molecule has 1 aromatic heterocycles. The summed E-state index contributed by atoms with van der Waals surface area (Å²) in [6, 6.07) is 4.03. The maximum Gasteiger partial charge on any atom is 0.129 e. The van der Waals surface area contributed by atoms with Crippen LogP contribution < -0.4 is 4.90 Å². The van der Waals surface area contributed by atoms with E-state index in [-0.39, 0.29) is 6.61 Å². The Kier molecular flexibility index (Phi) is 3.91. The first-order chi connectivity index (χ1) is 8.54. The molecule has 0 unspecified atom stereocenters. The summed E-state index contributed by atoms with van der Waals surface area (Å²) in [5.41, 5.74) is 2.40. The summed E-state index contributed by atoms with van der Waals surface area (Å²) in [6.07, 6.45) is 3.42. The Labute approximate surface area is 110 Å². The van der Waals surface area contributed by atoms with Gasteiger partial charge in [-0.25, -0.2) is 4.98 Å². The lowest BCUT2D eigenvalue weighted by molar-refractivity contribution is 0.280. The first kappa shape index (κ1) is 13.3. The Bertz CT molecular complexity index is 393. The standard InChI is InChI=1S/C15H24N2O/c1-4-13-8-12(10-18)9-14(16-13)17-7-5-6-15(2,3)11-17/h8-9,18H,4-7,10-11H2,1-3H3. The maximum atomic E-state index is 9.34. The predicted octanol–water partition coefficient (Wildman–Crippen LogP) is 2.76. The van der Waals surface area contributed by atoms with Crippen molar-refractivity contribution in [3.63, 3.8) is 0 Å². The lowest BCUT2D eigenvalue weighted by Crippen LogP contribution is -2.40. The number of aliphatic hydroxyl groups excluding tert-OH is 1. The quantitative estimate of drug-likeness (QED) is 0.893. The normalized spacial score (nSPS) is 19.0. The lowest BCUT2D eigenvalue weighted by atomic mass is 9.84. The van der Waals surface area contributed by atoms with E-state index in [2.05, 4.69) is 25.7 Å². The number of anilines is 1. The molecule has 0 saturated carbocycles. The van der Waals surface area contributed by atoms with E-state index in [0.29, 0.717) is 5.41 Å². The van der Waals surface area contributed by atoms with Gasteiger partial charge in [0.25, 0.3) is 0 Å². The first-order valence-electron chi connectivity index (χ1n) is 6.90. The van der Waals surface area contributed by atoms with Gasteiger partial charge in [-0.05, 0) is 42.4 Å². The fraction of sp³-hybridized carbons (Fsp3) is 0.667. The van der Waals surface area contributed by atoms with Gasteiger partial charge in [0.05, 0.1) is 6.61 Å². The summed E-state index contributed by atoms with van der Waals surface area (Å²) in [7, 11) is 0. The topological polar surface area (TPSA) is 36.4 Å². The summed E-state index contributed by atoms with van der Waals surface area (Å²) in [4.78, 5) is 7.07. The number of aryl methyl sites for hydroxylation is 1. The molecule has 1 N–H and O–H groups in total. The van der Waals surface area contributed by atoms with Crippen LogP contribution in [0.4, 0.5) is 5.82 Å². The number of piperidine rings is 1. The van der Waals surface area contributed by atoms with Crippen molar-refractivity contribution < 1.29 is 5.11 Å². The summed E-state index contributed by atoms with van der Waals surface area (Å²) in [6.45, 7) is 8.96. The molecule has 18 heavy (non-hydrogen) atoms. The van der Waals surface area contributed by atoms with Crippen molar-refractivity contribution in [3.8, 4) is 0 Å². The monoisotopic (exact) mass is 248 g/mol. The van der Waals surface area contributed by atoms with Crippen LogP contribution in [0.5, 0.6) is 0 Å². The molecule has 1 aliphatic heterocycles. The van der Waals surface area contributed by atoms with Crippen molar-refractivity contribution in [2.75, 3.05) is 18.0 Å². The highest BCUT2D eigenvalue weighted by Gasteiger charge is 2.27. The molecule has 0 radical (unpaired) electrons. The zero-order valence-electron chi connectivity index (χ0n) is 11.7. The number of hydrogen-bond donors (Lipinski definition) is 1. The van der Waals surface area contributed by atoms with E-state index in [4.69, 9.17) is 4.98 Å². The van der Waals surface area contributed by atoms with Crippen molar-refractivity contribution in [3.05, 3.63) is 23.4 Å². The third-order valence-corrected chi connectivity index (χ3v) is 3.69. The van der Waals surface area contributed by atoms with Crippen molar-refractivity contribution >= 4 is 5.82 Å². The molecular weight excluding hydrogens is 224 g/mol. The molecule has 1 aliphatic rings. The zero-order chi connectivity index (χ0) is 13.2. The summed E-state index contributed by atoms with van der Waals surface area (Å²) in [5.74, 6) is 1.03. The highest BCUT2D eigenvalue weighted by Crippen LogP contribution is 2.31. The number of pyridine rings is 1. The third-order valence-electron chi connectivity index (χ3n) is 3.69. The Morgan fingerprint density at radius 1 is 1.39 bits per heavy atom. The number of nitrogens with zero attached hydrogens (tertiary/aromatic N) is 2. The Morgan fingerprint density at radius 3 is 2.78 bits per heavy atom. The molecule has 0 spiro atoms. The highest BCUT2D eigenvalue weighted by molar-refractivity contribution is 5.43. The van der Waals surface area contributed by atoms with Crippen molar-refractivity contribution in [2.24, 2.45) is 5.41 Å². The Hall–Kier alpha value is -1.09. The van der Waals surface area contributed by atoms with E-state index in [1.165, 1.54) is 12.8 Å². The van der Waals surface area contributed by atoms with Gasteiger partial charge in [0, 0.05) is 18.8 Å². The van der Waals surface area contributed by atoms with Crippen molar-refractivity contribution in [2.45, 2.75) is 46.6 Å². The van der Waals surface area contributed by atoms with Crippen LogP contribution >= 0.6 is 0 Å². The Morgan fingerprint density at radius 2 is 2.17 bits per heavy atom. The largest absolute Gasteiger partial charge is 0.392 e. The second-order valence-corrected chi connectivity index (χ2v) is 6.03. The van der Waals surface area contributed by atoms with Crippen molar-refractivity contribution in [1.82, 2.24) is 4.98 Å². The van der Waals surface area contributed by atoms with E-state index in [1.54, 1.807) is 0 Å². The molecule has 0 bridgehead atoms. The van der Waals surface area contributed by atoms with E-state index in [0.717, 1.165) is 36.6 Å². The average molecular weight is 248 g/mol. The van der Waals surface area contributed by atoms with Gasteiger partial charge in [0.15, 0.2) is 0 Å². The molecule has 100 valence electrons. The van der Waals surface area contributed by atoms with Crippen LogP contribution in [-0.2, 0) is 13.0 Å². The fourth-order valence-electron chi connectivity index (χ4n) is 2.69. The lowest BCUT2D eigenvalue weighted by Gasteiger charge is -2.39. The summed E-state index contributed by atoms with van der Waals surface area (Å²) >= 11 is 0. The van der Waals surface area contributed by atoms with E-state index < -0.39 is 0 Å². The molecule has 0 amide bonds. The molecule has 0 aromatic carbocycles. The van der Waals surface area contributed by atoms with Gasteiger partial charge in [-0.15, -0.1) is 0 Å². The van der Waals surface area contributed by atoms with Gasteiger partial charge in [-0.1, -0.05) is 20.8 Å². The minimum absolute atomic E-state index is 0.0970. The molecular formula is C15H24N2O. The van der Waals surface area contributed by atoms with E-state index >= 15 is 0 Å². The highest BCUT2D eigenvalue weighted by atomic mass is 16.3. The van der Waals surface area contributed by atoms with Gasteiger partial charge >= 0.3 is 0 Å². The van der Waals surface area contributed by atoms with Crippen LogP contribution in [-0.4, -0.2) is 23.2 Å². The van der Waals surface area contributed by atoms with Crippen LogP contribution in [0, 0.1) is 5.41 Å². The third kappa shape index (κ3) is 3.02. The SMILES string of the molecule is CCc1cc(CO)cc(N2CCCC(C)(C)C2)n1. The van der Waals surface area contributed by atoms with Crippen LogP contribution in [0.25, 0.3) is 0 Å². The van der Waals surface area contributed by atoms with E-state index in [9.17, 15) is 5.11 Å². The molecule has 3 heteroatoms. The van der Waals surface area contributed by atoms with Gasteiger partial charge < -0.3 is 10.0 Å². The number of aromatic nitrogens is 1. The first-order valence-corrected chi connectivity index (χ1v) is 6.90. The Balaban J connectivity index is 2.26. The molecule has 1 fully saturated rings. The van der Waals surface area contributed by atoms with Gasteiger partial charge in [-0.2, -0.15) is 0 Å². The summed E-state index contributed by atoms with van der Waals surface area (Å²) < 4.78 is 0. The number of hydrogen-bond acceptors (Lipinski definition) is 3. The minimum Gasteiger partial charge on any atom is -0.392 e. The molecule has 3 nitrogen and oxygen atoms in total. The average Bonchev–Trinajstić information content (AvgIpc) is 2.37. The second kappa shape index (κ2) is 5.27.